The highest BCUT2D eigenvalue weighted by Gasteiger charge is 2.42. The van der Waals surface area contributed by atoms with Crippen molar-refractivity contribution in [1.82, 2.24) is 24.6 Å². The van der Waals surface area contributed by atoms with Gasteiger partial charge in [-0.25, -0.2) is 14.8 Å². The van der Waals surface area contributed by atoms with Crippen LogP contribution in [0.5, 0.6) is 5.75 Å². The van der Waals surface area contributed by atoms with E-state index < -0.39 is 5.60 Å². The molecule has 0 radical (unpaired) electrons. The van der Waals surface area contributed by atoms with Gasteiger partial charge >= 0.3 is 6.09 Å². The maximum absolute atomic E-state index is 13.0. The lowest BCUT2D eigenvalue weighted by Crippen LogP contribution is -2.46. The number of rotatable bonds is 7. The highest BCUT2D eigenvalue weighted by Crippen LogP contribution is 2.36. The van der Waals surface area contributed by atoms with Crippen LogP contribution in [0.4, 0.5) is 10.6 Å². The third-order valence-electron chi connectivity index (χ3n) is 7.70. The number of nitrogens with zero attached hydrogens (tertiary/aromatic N) is 6. The fraction of sp³-hybridized carbons (Fsp3) is 0.484. The summed E-state index contributed by atoms with van der Waals surface area (Å²) in [5, 5.41) is 5.62. The van der Waals surface area contributed by atoms with E-state index in [4.69, 9.17) is 24.2 Å². The van der Waals surface area contributed by atoms with Crippen LogP contribution in [0.15, 0.2) is 36.4 Å². The lowest BCUT2D eigenvalue weighted by Gasteiger charge is -2.31. The minimum Gasteiger partial charge on any atom is -0.467 e. The Kier molecular flexibility index (Phi) is 6.97. The van der Waals surface area contributed by atoms with E-state index in [2.05, 4.69) is 16.1 Å². The van der Waals surface area contributed by atoms with E-state index in [1.807, 2.05) is 74.7 Å². The smallest absolute Gasteiger partial charge is 0.410 e. The van der Waals surface area contributed by atoms with E-state index in [-0.39, 0.29) is 25.0 Å². The molecule has 0 bridgehead atoms. The van der Waals surface area contributed by atoms with Crippen molar-refractivity contribution >= 4 is 33.8 Å². The first-order valence-electron chi connectivity index (χ1n) is 14.2. The summed E-state index contributed by atoms with van der Waals surface area (Å²) in [5.74, 6) is 1.58. The number of anilines is 1. The molecular formula is C31H38N6O4. The van der Waals surface area contributed by atoms with Gasteiger partial charge in [0.25, 0.3) is 0 Å². The molecule has 6 rings (SSSR count). The van der Waals surface area contributed by atoms with E-state index in [1.165, 1.54) is 0 Å². The van der Waals surface area contributed by atoms with Crippen LogP contribution in [0, 0.1) is 6.92 Å². The van der Waals surface area contributed by atoms with E-state index >= 15 is 0 Å². The summed E-state index contributed by atoms with van der Waals surface area (Å²) in [7, 11) is 3.53. The summed E-state index contributed by atoms with van der Waals surface area (Å²) in [6.07, 6.45) is 2.78. The van der Waals surface area contributed by atoms with Crippen LogP contribution in [0.1, 0.15) is 45.7 Å². The van der Waals surface area contributed by atoms with Gasteiger partial charge < -0.3 is 24.0 Å². The molecule has 1 saturated carbocycles. The van der Waals surface area contributed by atoms with Gasteiger partial charge in [0.1, 0.15) is 17.2 Å². The summed E-state index contributed by atoms with van der Waals surface area (Å²) >= 11 is 0. The highest BCUT2D eigenvalue weighted by atomic mass is 16.7. The first-order chi connectivity index (χ1) is 19.6. The Labute approximate surface area is 240 Å². The number of ether oxygens (including phenoxy) is 3. The number of carbonyl (C=O) groups excluding carboxylic acids is 1. The number of amides is 1. The minimum absolute atomic E-state index is 0.117. The molecule has 1 amide bonds. The molecule has 10 heteroatoms. The van der Waals surface area contributed by atoms with Crippen molar-refractivity contribution in [3.05, 3.63) is 42.1 Å². The third-order valence-corrected chi connectivity index (χ3v) is 7.70. The molecule has 2 aliphatic rings. The Morgan fingerprint density at radius 3 is 2.54 bits per heavy atom. The normalized spacial score (nSPS) is 17.4. The average molecular weight is 559 g/mol. The molecule has 3 aromatic heterocycles. The third kappa shape index (κ3) is 5.53. The summed E-state index contributed by atoms with van der Waals surface area (Å²) in [5.41, 5.74) is 4.72. The largest absolute Gasteiger partial charge is 0.467 e. The topological polar surface area (TPSA) is 94.8 Å². The van der Waals surface area contributed by atoms with Crippen molar-refractivity contribution in [3.8, 4) is 17.0 Å². The Bertz CT molecular complexity index is 1610. The van der Waals surface area contributed by atoms with Crippen LogP contribution < -0.4 is 9.64 Å². The monoisotopic (exact) mass is 558 g/mol. The van der Waals surface area contributed by atoms with Gasteiger partial charge in [0, 0.05) is 50.3 Å². The SMILES string of the molecule is COCOc1cc2c(cc1-c1ccc3nc(N4CCC(N(C(=O)OC(C)(C)C)C5CC5)C4)ccc3n1)c(C)nn2C. The maximum Gasteiger partial charge on any atom is 0.410 e. The summed E-state index contributed by atoms with van der Waals surface area (Å²) in [6.45, 7) is 9.47. The van der Waals surface area contributed by atoms with E-state index in [9.17, 15) is 4.79 Å². The summed E-state index contributed by atoms with van der Waals surface area (Å²) < 4.78 is 18.7. The number of pyridine rings is 2. The van der Waals surface area contributed by atoms with Crippen LogP contribution in [0.25, 0.3) is 33.2 Å². The molecule has 0 spiro atoms. The Balaban J connectivity index is 1.25. The van der Waals surface area contributed by atoms with Gasteiger partial charge in [-0.3, -0.25) is 4.68 Å². The van der Waals surface area contributed by atoms with Gasteiger partial charge in [0.05, 0.1) is 34.0 Å². The molecule has 1 aliphatic heterocycles. The number of benzene rings is 1. The molecule has 4 aromatic rings. The number of methoxy groups -OCH3 is 1. The highest BCUT2D eigenvalue weighted by molar-refractivity contribution is 5.91. The maximum atomic E-state index is 13.0. The fourth-order valence-electron chi connectivity index (χ4n) is 5.67. The quantitative estimate of drug-likeness (QED) is 0.276. The number of hydrogen-bond donors (Lipinski definition) is 0. The molecule has 4 heterocycles. The van der Waals surface area contributed by atoms with E-state index in [1.54, 1.807) is 7.11 Å². The van der Waals surface area contributed by atoms with Gasteiger partial charge in [-0.15, -0.1) is 0 Å². The Morgan fingerprint density at radius 2 is 1.80 bits per heavy atom. The number of hydrogen-bond acceptors (Lipinski definition) is 8. The van der Waals surface area contributed by atoms with Crippen molar-refractivity contribution in [2.45, 2.75) is 64.6 Å². The number of carbonyl (C=O) groups is 1. The molecule has 0 N–H and O–H groups in total. The van der Waals surface area contributed by atoms with Crippen molar-refractivity contribution in [3.63, 3.8) is 0 Å². The van der Waals surface area contributed by atoms with Crippen LogP contribution in [0.2, 0.25) is 0 Å². The summed E-state index contributed by atoms with van der Waals surface area (Å²) in [4.78, 5) is 27.2. The van der Waals surface area contributed by atoms with E-state index in [0.29, 0.717) is 5.75 Å². The van der Waals surface area contributed by atoms with Crippen LogP contribution >= 0.6 is 0 Å². The Morgan fingerprint density at radius 1 is 1.05 bits per heavy atom. The van der Waals surface area contributed by atoms with Crippen molar-refractivity contribution in [2.24, 2.45) is 7.05 Å². The second-order valence-electron chi connectivity index (χ2n) is 12.0. The van der Waals surface area contributed by atoms with Crippen LogP contribution in [-0.4, -0.2) is 75.4 Å². The van der Waals surface area contributed by atoms with Crippen molar-refractivity contribution in [1.29, 1.82) is 0 Å². The molecule has 1 unspecified atom stereocenters. The average Bonchev–Trinajstić information content (AvgIpc) is 3.57. The predicted molar refractivity (Wildman–Crippen MR) is 158 cm³/mol. The number of aryl methyl sites for hydroxylation is 2. The van der Waals surface area contributed by atoms with Gasteiger partial charge in [-0.1, -0.05) is 0 Å². The lowest BCUT2D eigenvalue weighted by molar-refractivity contribution is 0.0158. The number of fused-ring (bicyclic) bond motifs is 2. The zero-order valence-electron chi connectivity index (χ0n) is 24.7. The van der Waals surface area contributed by atoms with Gasteiger partial charge in [0.15, 0.2) is 6.79 Å². The second kappa shape index (κ2) is 10.5. The van der Waals surface area contributed by atoms with Gasteiger partial charge in [0.2, 0.25) is 0 Å². The zero-order valence-corrected chi connectivity index (χ0v) is 24.7. The Hall–Kier alpha value is -3.92. The fourth-order valence-corrected chi connectivity index (χ4v) is 5.67. The van der Waals surface area contributed by atoms with E-state index in [0.717, 1.165) is 77.1 Å². The van der Waals surface area contributed by atoms with Crippen molar-refractivity contribution in [2.75, 3.05) is 31.9 Å². The predicted octanol–water partition coefficient (Wildman–Crippen LogP) is 5.45. The molecule has 1 aromatic carbocycles. The molecule has 1 saturated heterocycles. The molecule has 1 atom stereocenters. The van der Waals surface area contributed by atoms with Crippen LogP contribution in [-0.2, 0) is 16.5 Å². The molecule has 41 heavy (non-hydrogen) atoms. The van der Waals surface area contributed by atoms with Gasteiger partial charge in [-0.2, -0.15) is 5.10 Å². The number of aromatic nitrogens is 4. The van der Waals surface area contributed by atoms with Crippen LogP contribution in [0.3, 0.4) is 0 Å². The van der Waals surface area contributed by atoms with Crippen molar-refractivity contribution < 1.29 is 19.0 Å². The standard InChI is InChI=1S/C31H38N6O4/c1-19-22-15-23(28(40-18-39-6)16-27(22)35(5)34-19)24-9-10-26-25(32-24)11-12-29(33-26)36-14-13-21(17-36)37(20-7-8-20)30(38)41-31(2,3)4/h9-12,15-16,20-21H,7-8,13-14,17-18H2,1-6H3. The molecule has 216 valence electrons. The van der Waals surface area contributed by atoms with Gasteiger partial charge in [-0.05, 0) is 77.3 Å². The molecule has 1 aliphatic carbocycles. The lowest BCUT2D eigenvalue weighted by atomic mass is 10.1. The molecule has 10 nitrogen and oxygen atoms in total. The minimum atomic E-state index is -0.506. The molecular weight excluding hydrogens is 520 g/mol. The first kappa shape index (κ1) is 27.3. The second-order valence-corrected chi connectivity index (χ2v) is 12.0. The zero-order chi connectivity index (χ0) is 28.9. The molecule has 2 fully saturated rings. The summed E-state index contributed by atoms with van der Waals surface area (Å²) in [6, 6.07) is 12.5. The first-order valence-corrected chi connectivity index (χ1v) is 14.2.